The molecular weight excluding hydrogens is 667 g/mol. The Hall–Kier alpha value is -5.35. The Kier molecular flexibility index (Phi) is 12.3. The van der Waals surface area contributed by atoms with Gasteiger partial charge < -0.3 is 19.7 Å². The Morgan fingerprint density at radius 1 is 0.774 bits per heavy atom. The Balaban J connectivity index is 1.12. The highest BCUT2D eigenvalue weighted by Crippen LogP contribution is 2.27. The van der Waals surface area contributed by atoms with Crippen LogP contribution in [0.15, 0.2) is 120 Å². The number of nitrogens with zero attached hydrogens (tertiary/aromatic N) is 4. The fraction of sp³-hybridized carbons (Fsp3) is 0.372. The summed E-state index contributed by atoms with van der Waals surface area (Å²) in [5, 5.41) is 2.76. The van der Waals surface area contributed by atoms with E-state index in [4.69, 9.17) is 9.47 Å². The van der Waals surface area contributed by atoms with Gasteiger partial charge in [-0.05, 0) is 68.9 Å². The molecule has 2 heterocycles. The molecule has 1 atom stereocenters. The van der Waals surface area contributed by atoms with Crippen LogP contribution in [0.4, 0.5) is 9.59 Å². The number of amides is 2. The molecule has 278 valence electrons. The van der Waals surface area contributed by atoms with Crippen molar-refractivity contribution in [3.05, 3.63) is 142 Å². The molecule has 0 aliphatic carbocycles. The highest BCUT2D eigenvalue weighted by atomic mass is 16.6. The Morgan fingerprint density at radius 3 is 1.87 bits per heavy atom. The maximum absolute atomic E-state index is 13.8. The van der Waals surface area contributed by atoms with Crippen molar-refractivity contribution in [2.24, 2.45) is 0 Å². The third-order valence-corrected chi connectivity index (χ3v) is 9.65. The molecule has 1 aliphatic rings. The van der Waals surface area contributed by atoms with Crippen molar-refractivity contribution in [3.63, 3.8) is 0 Å². The molecule has 0 radical (unpaired) electrons. The second-order valence-electron chi connectivity index (χ2n) is 14.7. The van der Waals surface area contributed by atoms with Crippen molar-refractivity contribution in [2.45, 2.75) is 77.4 Å². The van der Waals surface area contributed by atoms with Gasteiger partial charge in [0.15, 0.2) is 0 Å². The first-order chi connectivity index (χ1) is 25.6. The molecule has 1 aliphatic heterocycles. The number of imidazole rings is 1. The molecule has 1 unspecified atom stereocenters. The smallest absolute Gasteiger partial charge is 0.409 e. The second kappa shape index (κ2) is 17.4. The van der Waals surface area contributed by atoms with Crippen molar-refractivity contribution < 1.29 is 19.1 Å². The number of benzene rings is 4. The summed E-state index contributed by atoms with van der Waals surface area (Å²) in [7, 11) is 0. The van der Waals surface area contributed by atoms with Gasteiger partial charge in [0.25, 0.3) is 0 Å². The van der Waals surface area contributed by atoms with Gasteiger partial charge in [0.05, 0.1) is 11.0 Å². The highest BCUT2D eigenvalue weighted by Gasteiger charge is 2.29. The van der Waals surface area contributed by atoms with Gasteiger partial charge in [0, 0.05) is 51.4 Å². The zero-order valence-electron chi connectivity index (χ0n) is 31.0. The summed E-state index contributed by atoms with van der Waals surface area (Å²) in [6, 6.07) is 38.8. The molecule has 0 saturated carbocycles. The number of hydrogen-bond acceptors (Lipinski definition) is 6. The molecule has 6 rings (SSSR count). The Bertz CT molecular complexity index is 1940. The predicted octanol–water partition coefficient (Wildman–Crippen LogP) is 7.41. The quantitative estimate of drug-likeness (QED) is 0.136. The van der Waals surface area contributed by atoms with E-state index in [9.17, 15) is 14.4 Å². The lowest BCUT2D eigenvalue weighted by atomic mass is 10.0. The minimum atomic E-state index is -0.604. The SMILES string of the molecule is CC(C)(C)OC(=O)NCCn1c(=O)n(C2CCN(C(=O)OCC(Cc3ccccc3)N(Cc3ccccc3)Cc3ccccc3)CC2)c2ccccc21. The lowest BCUT2D eigenvalue weighted by molar-refractivity contribution is 0.0511. The van der Waals surface area contributed by atoms with Gasteiger partial charge in [-0.15, -0.1) is 0 Å². The normalized spacial score (nSPS) is 14.3. The van der Waals surface area contributed by atoms with E-state index in [1.807, 2.05) is 79.9 Å². The maximum Gasteiger partial charge on any atom is 0.409 e. The van der Waals surface area contributed by atoms with Crippen LogP contribution in [0.1, 0.15) is 56.3 Å². The molecule has 0 spiro atoms. The fourth-order valence-corrected chi connectivity index (χ4v) is 7.08. The predicted molar refractivity (Wildman–Crippen MR) is 208 cm³/mol. The van der Waals surface area contributed by atoms with E-state index in [0.29, 0.717) is 32.5 Å². The number of alkyl carbamates (subject to hydrolysis) is 1. The Morgan fingerprint density at radius 2 is 1.30 bits per heavy atom. The van der Waals surface area contributed by atoms with Crippen LogP contribution in [0.5, 0.6) is 0 Å². The van der Waals surface area contributed by atoms with E-state index in [1.165, 1.54) is 16.7 Å². The van der Waals surface area contributed by atoms with Crippen LogP contribution in [0.3, 0.4) is 0 Å². The summed E-state index contributed by atoms with van der Waals surface area (Å²) in [5.74, 6) is 0. The van der Waals surface area contributed by atoms with Crippen LogP contribution in [-0.4, -0.2) is 69.0 Å². The number of carbonyl (C=O) groups is 2. The molecule has 1 N–H and O–H groups in total. The second-order valence-corrected chi connectivity index (χ2v) is 14.7. The minimum absolute atomic E-state index is 0.0613. The van der Waals surface area contributed by atoms with Crippen molar-refractivity contribution in [2.75, 3.05) is 26.2 Å². The summed E-state index contributed by atoms with van der Waals surface area (Å²) in [5.41, 5.74) is 4.51. The number of aromatic nitrogens is 2. The molecular formula is C43H51N5O5. The number of likely N-dealkylation sites (tertiary alicyclic amines) is 1. The van der Waals surface area contributed by atoms with Crippen molar-refractivity contribution in [3.8, 4) is 0 Å². The highest BCUT2D eigenvalue weighted by molar-refractivity contribution is 5.76. The first-order valence-electron chi connectivity index (χ1n) is 18.6. The molecule has 2 amide bonds. The molecule has 1 aromatic heterocycles. The lowest BCUT2D eigenvalue weighted by Gasteiger charge is -2.34. The first kappa shape index (κ1) is 37.4. The molecule has 5 aromatic rings. The van der Waals surface area contributed by atoms with Gasteiger partial charge in [-0.3, -0.25) is 14.0 Å². The number of fused-ring (bicyclic) bond motifs is 1. The summed E-state index contributed by atoms with van der Waals surface area (Å²) in [4.78, 5) is 43.9. The maximum atomic E-state index is 13.8. The minimum Gasteiger partial charge on any atom is -0.448 e. The third-order valence-electron chi connectivity index (χ3n) is 9.65. The topological polar surface area (TPSA) is 98.0 Å². The van der Waals surface area contributed by atoms with Gasteiger partial charge in [-0.25, -0.2) is 14.4 Å². The van der Waals surface area contributed by atoms with E-state index in [1.54, 1.807) is 9.47 Å². The van der Waals surface area contributed by atoms with Gasteiger partial charge in [0.1, 0.15) is 12.2 Å². The monoisotopic (exact) mass is 717 g/mol. The molecule has 10 heteroatoms. The van der Waals surface area contributed by atoms with Crippen LogP contribution in [0, 0.1) is 0 Å². The van der Waals surface area contributed by atoms with Crippen LogP contribution in [0.25, 0.3) is 11.0 Å². The molecule has 0 bridgehead atoms. The number of ether oxygens (including phenoxy) is 2. The average Bonchev–Trinajstić information content (AvgIpc) is 3.44. The zero-order chi connectivity index (χ0) is 37.2. The number of nitrogens with one attached hydrogen (secondary N) is 1. The fourth-order valence-electron chi connectivity index (χ4n) is 7.08. The number of carbonyl (C=O) groups excluding carboxylic acids is 2. The summed E-state index contributed by atoms with van der Waals surface area (Å²) in [6.45, 7) is 8.65. The summed E-state index contributed by atoms with van der Waals surface area (Å²) < 4.78 is 15.0. The largest absolute Gasteiger partial charge is 0.448 e. The Labute approximate surface area is 311 Å². The van der Waals surface area contributed by atoms with E-state index >= 15 is 0 Å². The summed E-state index contributed by atoms with van der Waals surface area (Å²) >= 11 is 0. The van der Waals surface area contributed by atoms with E-state index < -0.39 is 11.7 Å². The molecule has 1 fully saturated rings. The van der Waals surface area contributed by atoms with E-state index in [-0.39, 0.29) is 37.0 Å². The van der Waals surface area contributed by atoms with Crippen LogP contribution < -0.4 is 11.0 Å². The molecule has 1 saturated heterocycles. The number of para-hydroxylation sites is 2. The number of rotatable bonds is 13. The number of piperidine rings is 1. The van der Waals surface area contributed by atoms with Gasteiger partial charge in [-0.1, -0.05) is 103 Å². The van der Waals surface area contributed by atoms with Gasteiger partial charge >= 0.3 is 17.9 Å². The van der Waals surface area contributed by atoms with Crippen LogP contribution in [-0.2, 0) is 35.5 Å². The van der Waals surface area contributed by atoms with Gasteiger partial charge in [0.2, 0.25) is 0 Å². The molecule has 10 nitrogen and oxygen atoms in total. The standard InChI is InChI=1S/C43H51N5O5/c1-43(2,3)53-40(49)44-25-28-47-38-21-13-14-22-39(38)48(41(47)50)36-23-26-45(27-24-36)42(51)52-32-37(29-33-15-7-4-8-16-33)46(30-34-17-9-5-10-18-34)31-35-19-11-6-12-20-35/h4-22,36-37H,23-32H2,1-3H3,(H,44,49). The van der Waals surface area contributed by atoms with Crippen molar-refractivity contribution in [1.29, 1.82) is 0 Å². The van der Waals surface area contributed by atoms with Crippen LogP contribution in [0.2, 0.25) is 0 Å². The third kappa shape index (κ3) is 10.2. The molecule has 53 heavy (non-hydrogen) atoms. The van der Waals surface area contributed by atoms with E-state index in [2.05, 4.69) is 70.9 Å². The van der Waals surface area contributed by atoms with Crippen LogP contribution >= 0.6 is 0 Å². The zero-order valence-corrected chi connectivity index (χ0v) is 31.0. The van der Waals surface area contributed by atoms with Crippen molar-refractivity contribution in [1.82, 2.24) is 24.3 Å². The average molecular weight is 718 g/mol. The molecule has 4 aromatic carbocycles. The first-order valence-corrected chi connectivity index (χ1v) is 18.6. The van der Waals surface area contributed by atoms with Crippen molar-refractivity contribution >= 4 is 23.2 Å². The van der Waals surface area contributed by atoms with Gasteiger partial charge in [-0.2, -0.15) is 0 Å². The summed E-state index contributed by atoms with van der Waals surface area (Å²) in [6.07, 6.45) is 1.14. The number of hydrogen-bond donors (Lipinski definition) is 1. The lowest BCUT2D eigenvalue weighted by Crippen LogP contribution is -2.44. The van der Waals surface area contributed by atoms with E-state index in [0.717, 1.165) is 30.5 Å².